The van der Waals surface area contributed by atoms with Gasteiger partial charge in [0.05, 0.1) is 11.4 Å². The van der Waals surface area contributed by atoms with E-state index in [0.29, 0.717) is 31.0 Å². The SMILES string of the molecule is CCCC(C(N)=O)C(CC(C)C)C(=O)NC1N=C(c2ccccc2)c2ccccc2N(CC2CCCCC2)C1=O. The van der Waals surface area contributed by atoms with Crippen molar-refractivity contribution in [2.45, 2.75) is 78.3 Å². The zero-order chi connectivity index (χ0) is 28.6. The maximum Gasteiger partial charge on any atom is 0.272 e. The van der Waals surface area contributed by atoms with Gasteiger partial charge in [-0.1, -0.05) is 95.0 Å². The van der Waals surface area contributed by atoms with Crippen LogP contribution in [0, 0.1) is 23.7 Å². The molecular formula is C33H44N4O3. The molecule has 7 nitrogen and oxygen atoms in total. The van der Waals surface area contributed by atoms with E-state index in [1.807, 2.05) is 80.3 Å². The van der Waals surface area contributed by atoms with Gasteiger partial charge >= 0.3 is 0 Å². The predicted molar refractivity (Wildman–Crippen MR) is 160 cm³/mol. The standard InChI is InChI=1S/C33H44N4O3/c1-4-13-25(30(34)38)27(20-22(2)3)32(39)36-31-33(40)37(21-23-14-7-5-8-15-23)28-19-12-11-18-26(28)29(35-31)24-16-9-6-10-17-24/h6,9-12,16-19,22-23,25,27,31H,4-5,7-8,13-15,20-21H2,1-3H3,(H2,34,38)(H,36,39). The van der Waals surface area contributed by atoms with Gasteiger partial charge in [-0.25, -0.2) is 4.99 Å². The molecule has 1 saturated carbocycles. The van der Waals surface area contributed by atoms with Gasteiger partial charge in [-0.3, -0.25) is 14.4 Å². The van der Waals surface area contributed by atoms with E-state index >= 15 is 0 Å². The van der Waals surface area contributed by atoms with Crippen LogP contribution in [0.4, 0.5) is 5.69 Å². The number of benzene rings is 2. The van der Waals surface area contributed by atoms with Gasteiger partial charge in [0.2, 0.25) is 18.0 Å². The highest BCUT2D eigenvalue weighted by atomic mass is 16.2. The van der Waals surface area contributed by atoms with Crippen LogP contribution in [0.1, 0.15) is 83.3 Å². The zero-order valence-electron chi connectivity index (χ0n) is 24.1. The average molecular weight is 545 g/mol. The summed E-state index contributed by atoms with van der Waals surface area (Å²) in [5.74, 6) is -1.71. The van der Waals surface area contributed by atoms with E-state index < -0.39 is 23.9 Å². The van der Waals surface area contributed by atoms with Gasteiger partial charge in [0.1, 0.15) is 0 Å². The van der Waals surface area contributed by atoms with Gasteiger partial charge in [-0.2, -0.15) is 0 Å². The first-order valence-corrected chi connectivity index (χ1v) is 14.9. The number of fused-ring (bicyclic) bond motifs is 1. The fourth-order valence-electron chi connectivity index (χ4n) is 6.22. The molecule has 0 saturated heterocycles. The topological polar surface area (TPSA) is 105 Å². The Bertz CT molecular complexity index is 1200. The van der Waals surface area contributed by atoms with Crippen LogP contribution in [0.5, 0.6) is 0 Å². The quantitative estimate of drug-likeness (QED) is 0.393. The van der Waals surface area contributed by atoms with Crippen LogP contribution in [0.2, 0.25) is 0 Å². The number of primary amides is 1. The molecule has 1 aliphatic carbocycles. The number of rotatable bonds is 11. The number of carbonyl (C=O) groups excluding carboxylic acids is 3. The molecule has 2 aliphatic rings. The summed E-state index contributed by atoms with van der Waals surface area (Å²) in [4.78, 5) is 47.4. The van der Waals surface area contributed by atoms with Crippen molar-refractivity contribution in [2.75, 3.05) is 11.4 Å². The van der Waals surface area contributed by atoms with Gasteiger partial charge < -0.3 is 16.0 Å². The van der Waals surface area contributed by atoms with Gasteiger partial charge in [0.15, 0.2) is 0 Å². The Labute approximate surface area is 238 Å². The molecule has 1 heterocycles. The van der Waals surface area contributed by atoms with E-state index in [0.717, 1.165) is 36.1 Å². The van der Waals surface area contributed by atoms with Crippen LogP contribution in [0.3, 0.4) is 0 Å². The summed E-state index contributed by atoms with van der Waals surface area (Å²) >= 11 is 0. The van der Waals surface area contributed by atoms with Crippen molar-refractivity contribution in [3.8, 4) is 0 Å². The maximum atomic E-state index is 14.3. The number of para-hydroxylation sites is 1. The molecule has 0 radical (unpaired) electrons. The Hall–Kier alpha value is -3.48. The summed E-state index contributed by atoms with van der Waals surface area (Å²) in [5, 5.41) is 2.98. The second-order valence-electron chi connectivity index (χ2n) is 11.8. The van der Waals surface area contributed by atoms with Crippen LogP contribution in [0.15, 0.2) is 59.6 Å². The van der Waals surface area contributed by atoms with Crippen molar-refractivity contribution in [1.29, 1.82) is 0 Å². The van der Waals surface area contributed by atoms with Crippen LogP contribution in [0.25, 0.3) is 0 Å². The molecule has 3 atom stereocenters. The smallest absolute Gasteiger partial charge is 0.272 e. The number of nitrogens with zero attached hydrogens (tertiary/aromatic N) is 2. The third-order valence-corrected chi connectivity index (χ3v) is 8.21. The third kappa shape index (κ3) is 6.98. The predicted octanol–water partition coefficient (Wildman–Crippen LogP) is 5.46. The van der Waals surface area contributed by atoms with Gasteiger partial charge in [-0.15, -0.1) is 0 Å². The van der Waals surface area contributed by atoms with Gasteiger partial charge in [0, 0.05) is 29.5 Å². The van der Waals surface area contributed by atoms with Crippen molar-refractivity contribution in [2.24, 2.45) is 34.4 Å². The molecule has 2 aromatic rings. The number of amides is 3. The fraction of sp³-hybridized carbons (Fsp3) is 0.515. The van der Waals surface area contributed by atoms with E-state index in [4.69, 9.17) is 10.7 Å². The maximum absolute atomic E-state index is 14.3. The molecule has 2 aromatic carbocycles. The van der Waals surface area contributed by atoms with E-state index in [2.05, 4.69) is 5.32 Å². The summed E-state index contributed by atoms with van der Waals surface area (Å²) in [6.07, 6.45) is 6.40. The second-order valence-corrected chi connectivity index (χ2v) is 11.8. The molecule has 0 spiro atoms. The number of nitrogens with two attached hydrogens (primary N) is 1. The Kier molecular flexibility index (Phi) is 10.1. The highest BCUT2D eigenvalue weighted by Crippen LogP contribution is 2.32. The summed E-state index contributed by atoms with van der Waals surface area (Å²) < 4.78 is 0. The first kappa shape index (κ1) is 29.5. The number of anilines is 1. The lowest BCUT2D eigenvalue weighted by molar-refractivity contribution is -0.136. The van der Waals surface area contributed by atoms with Crippen molar-refractivity contribution in [3.05, 3.63) is 65.7 Å². The minimum absolute atomic E-state index is 0.176. The number of carbonyl (C=O) groups is 3. The molecule has 3 unspecified atom stereocenters. The third-order valence-electron chi connectivity index (χ3n) is 8.21. The Morgan fingerprint density at radius 2 is 1.68 bits per heavy atom. The van der Waals surface area contributed by atoms with Crippen molar-refractivity contribution in [3.63, 3.8) is 0 Å². The van der Waals surface area contributed by atoms with Gasteiger partial charge in [-0.05, 0) is 43.6 Å². The first-order valence-electron chi connectivity index (χ1n) is 14.9. The van der Waals surface area contributed by atoms with Crippen LogP contribution in [-0.2, 0) is 14.4 Å². The fourth-order valence-corrected chi connectivity index (χ4v) is 6.22. The number of hydrogen-bond acceptors (Lipinski definition) is 4. The molecule has 3 N–H and O–H groups in total. The number of nitrogens with one attached hydrogen (secondary N) is 1. The summed E-state index contributed by atoms with van der Waals surface area (Å²) in [6, 6.07) is 17.7. The molecular weight excluding hydrogens is 500 g/mol. The van der Waals surface area contributed by atoms with Crippen molar-refractivity contribution in [1.82, 2.24) is 5.32 Å². The molecule has 0 aromatic heterocycles. The molecule has 40 heavy (non-hydrogen) atoms. The monoisotopic (exact) mass is 544 g/mol. The molecule has 3 amide bonds. The van der Waals surface area contributed by atoms with E-state index in [9.17, 15) is 14.4 Å². The lowest BCUT2D eigenvalue weighted by Gasteiger charge is -2.32. The lowest BCUT2D eigenvalue weighted by Crippen LogP contribution is -2.51. The first-order chi connectivity index (χ1) is 19.3. The van der Waals surface area contributed by atoms with E-state index in [-0.39, 0.29) is 17.7 Å². The van der Waals surface area contributed by atoms with Crippen LogP contribution >= 0.6 is 0 Å². The van der Waals surface area contributed by atoms with E-state index in [1.165, 1.54) is 19.3 Å². The summed E-state index contributed by atoms with van der Waals surface area (Å²) in [5.41, 5.74) is 9.01. The molecule has 0 bridgehead atoms. The Balaban J connectivity index is 1.76. The lowest BCUT2D eigenvalue weighted by atomic mass is 9.81. The number of aliphatic imine (C=N–C) groups is 1. The molecule has 214 valence electrons. The van der Waals surface area contributed by atoms with Crippen molar-refractivity contribution >= 4 is 29.1 Å². The Morgan fingerprint density at radius 3 is 2.33 bits per heavy atom. The normalized spacial score (nSPS) is 19.4. The largest absolute Gasteiger partial charge is 0.369 e. The van der Waals surface area contributed by atoms with E-state index in [1.54, 1.807) is 0 Å². The molecule has 1 fully saturated rings. The average Bonchev–Trinajstić information content (AvgIpc) is 3.06. The summed E-state index contributed by atoms with van der Waals surface area (Å²) in [7, 11) is 0. The second kappa shape index (κ2) is 13.7. The van der Waals surface area contributed by atoms with Crippen LogP contribution < -0.4 is 16.0 Å². The molecule has 4 rings (SSSR count). The zero-order valence-corrected chi connectivity index (χ0v) is 24.1. The minimum atomic E-state index is -1.11. The van der Waals surface area contributed by atoms with Gasteiger partial charge in [0.25, 0.3) is 5.91 Å². The highest BCUT2D eigenvalue weighted by molar-refractivity contribution is 6.20. The highest BCUT2D eigenvalue weighted by Gasteiger charge is 2.38. The summed E-state index contributed by atoms with van der Waals surface area (Å²) in [6.45, 7) is 6.62. The number of benzodiazepines with no additional fused rings is 1. The van der Waals surface area contributed by atoms with Crippen molar-refractivity contribution < 1.29 is 14.4 Å². The Morgan fingerprint density at radius 1 is 1.00 bits per heavy atom. The molecule has 7 heteroatoms. The number of hydrogen-bond donors (Lipinski definition) is 2. The van der Waals surface area contributed by atoms with Crippen LogP contribution in [-0.4, -0.2) is 36.1 Å². The minimum Gasteiger partial charge on any atom is -0.369 e. The molecule has 1 aliphatic heterocycles.